The number of hydrogen-bond donors (Lipinski definition) is 0. The van der Waals surface area contributed by atoms with Crippen LogP contribution in [0.4, 0.5) is 5.82 Å². The number of rotatable bonds is 2. The zero-order valence-corrected chi connectivity index (χ0v) is 11.2. The Labute approximate surface area is 113 Å². The summed E-state index contributed by atoms with van der Waals surface area (Å²) in [6, 6.07) is 1.92. The molecule has 1 fully saturated rings. The van der Waals surface area contributed by atoms with E-state index in [9.17, 15) is 0 Å². The molecule has 1 saturated heterocycles. The Balaban J connectivity index is 1.88. The van der Waals surface area contributed by atoms with Gasteiger partial charge in [0.05, 0.1) is 13.2 Å². The number of nitrogens with zero attached hydrogens (tertiary/aromatic N) is 5. The Kier molecular flexibility index (Phi) is 3.24. The maximum atomic E-state index is 5.33. The molecule has 7 heteroatoms. The number of aromatic nitrogens is 4. The van der Waals surface area contributed by atoms with Crippen LogP contribution >= 0.6 is 15.9 Å². The summed E-state index contributed by atoms with van der Waals surface area (Å²) in [7, 11) is 0. The predicted molar refractivity (Wildman–Crippen MR) is 69.9 cm³/mol. The smallest absolute Gasteiger partial charge is 0.236 e. The van der Waals surface area contributed by atoms with Crippen molar-refractivity contribution in [1.82, 2.24) is 19.5 Å². The summed E-state index contributed by atoms with van der Waals surface area (Å²) in [5.74, 6) is 1.55. The van der Waals surface area contributed by atoms with Crippen LogP contribution < -0.4 is 4.90 Å². The first kappa shape index (κ1) is 11.6. The average molecular weight is 310 g/mol. The molecule has 2 aromatic heterocycles. The van der Waals surface area contributed by atoms with Crippen molar-refractivity contribution >= 4 is 21.7 Å². The first-order valence-corrected chi connectivity index (χ1v) is 6.48. The molecule has 6 nitrogen and oxygen atoms in total. The van der Waals surface area contributed by atoms with E-state index in [4.69, 9.17) is 4.74 Å². The lowest BCUT2D eigenvalue weighted by Gasteiger charge is -2.27. The van der Waals surface area contributed by atoms with Gasteiger partial charge in [0, 0.05) is 25.5 Å². The van der Waals surface area contributed by atoms with Crippen molar-refractivity contribution in [3.05, 3.63) is 29.4 Å². The molecule has 18 heavy (non-hydrogen) atoms. The summed E-state index contributed by atoms with van der Waals surface area (Å²) in [5.41, 5.74) is 0. The molecule has 0 saturated carbocycles. The molecule has 0 amide bonds. The summed E-state index contributed by atoms with van der Waals surface area (Å²) < 4.78 is 7.89. The number of morpholine rings is 1. The summed E-state index contributed by atoms with van der Waals surface area (Å²) in [6.45, 7) is 3.22. The summed E-state index contributed by atoms with van der Waals surface area (Å²) >= 11 is 3.31. The monoisotopic (exact) mass is 309 g/mol. The van der Waals surface area contributed by atoms with Gasteiger partial charge in [-0.3, -0.25) is 4.57 Å². The minimum Gasteiger partial charge on any atom is -0.378 e. The highest BCUT2D eigenvalue weighted by atomic mass is 79.9. The number of imidazole rings is 1. The van der Waals surface area contributed by atoms with Crippen LogP contribution in [0.15, 0.2) is 29.4 Å². The van der Waals surface area contributed by atoms with Crippen LogP contribution in [0.25, 0.3) is 5.95 Å². The maximum absolute atomic E-state index is 5.33. The Morgan fingerprint density at radius 1 is 1.22 bits per heavy atom. The van der Waals surface area contributed by atoms with E-state index in [-0.39, 0.29) is 0 Å². The highest BCUT2D eigenvalue weighted by Gasteiger charge is 2.13. The van der Waals surface area contributed by atoms with Crippen molar-refractivity contribution < 1.29 is 4.74 Å². The lowest BCUT2D eigenvalue weighted by atomic mass is 10.4. The lowest BCUT2D eigenvalue weighted by Crippen LogP contribution is -2.36. The molecule has 94 valence electrons. The quantitative estimate of drug-likeness (QED) is 0.836. The predicted octanol–water partition coefficient (Wildman–Crippen LogP) is 1.26. The van der Waals surface area contributed by atoms with Gasteiger partial charge in [-0.1, -0.05) is 0 Å². The van der Waals surface area contributed by atoms with Crippen LogP contribution in [0.5, 0.6) is 0 Å². The standard InChI is InChI=1S/C11H12BrN5O/c12-9-7-17(8-14-9)11-13-2-1-10(15-11)16-3-5-18-6-4-16/h1-2,7-8H,3-6H2. The molecular weight excluding hydrogens is 298 g/mol. The Bertz CT molecular complexity index is 538. The highest BCUT2D eigenvalue weighted by Crippen LogP contribution is 2.14. The number of hydrogen-bond acceptors (Lipinski definition) is 5. The molecule has 0 unspecified atom stereocenters. The molecule has 3 heterocycles. The largest absolute Gasteiger partial charge is 0.378 e. The molecule has 0 N–H and O–H groups in total. The second kappa shape index (κ2) is 5.03. The zero-order valence-electron chi connectivity index (χ0n) is 9.66. The van der Waals surface area contributed by atoms with Crippen LogP contribution in [-0.4, -0.2) is 45.8 Å². The van der Waals surface area contributed by atoms with Gasteiger partial charge in [0.2, 0.25) is 5.95 Å². The molecule has 2 aromatic rings. The fourth-order valence-electron chi connectivity index (χ4n) is 1.84. The van der Waals surface area contributed by atoms with E-state index in [0.717, 1.165) is 36.7 Å². The normalized spacial score (nSPS) is 15.9. The van der Waals surface area contributed by atoms with Crippen molar-refractivity contribution in [1.29, 1.82) is 0 Å². The third-order valence-corrected chi connectivity index (χ3v) is 3.15. The van der Waals surface area contributed by atoms with Gasteiger partial charge < -0.3 is 9.64 Å². The minimum absolute atomic E-state index is 0.622. The molecule has 1 aliphatic heterocycles. The van der Waals surface area contributed by atoms with Crippen LogP contribution in [0.3, 0.4) is 0 Å². The van der Waals surface area contributed by atoms with Gasteiger partial charge >= 0.3 is 0 Å². The molecule has 0 spiro atoms. The van der Waals surface area contributed by atoms with E-state index >= 15 is 0 Å². The van der Waals surface area contributed by atoms with Crippen LogP contribution in [0.2, 0.25) is 0 Å². The molecular formula is C11H12BrN5O. The maximum Gasteiger partial charge on any atom is 0.236 e. The van der Waals surface area contributed by atoms with Crippen molar-refractivity contribution in [2.45, 2.75) is 0 Å². The molecule has 0 bridgehead atoms. The summed E-state index contributed by atoms with van der Waals surface area (Å²) in [5, 5.41) is 0. The van der Waals surface area contributed by atoms with E-state index < -0.39 is 0 Å². The number of anilines is 1. The first-order valence-electron chi connectivity index (χ1n) is 5.68. The SMILES string of the molecule is Brc1cn(-c2nccc(N3CCOCC3)n2)cn1. The molecule has 1 aliphatic rings. The van der Waals surface area contributed by atoms with Crippen LogP contribution in [-0.2, 0) is 4.74 Å². The Morgan fingerprint density at radius 2 is 2.06 bits per heavy atom. The fraction of sp³-hybridized carbons (Fsp3) is 0.364. The van der Waals surface area contributed by atoms with Gasteiger partial charge in [-0.05, 0) is 22.0 Å². The van der Waals surface area contributed by atoms with Gasteiger partial charge in [-0.15, -0.1) is 0 Å². The third-order valence-electron chi connectivity index (χ3n) is 2.75. The Morgan fingerprint density at radius 3 is 2.78 bits per heavy atom. The topological polar surface area (TPSA) is 56.1 Å². The number of halogens is 1. The molecule has 0 radical (unpaired) electrons. The van der Waals surface area contributed by atoms with Gasteiger partial charge in [-0.2, -0.15) is 4.98 Å². The third kappa shape index (κ3) is 2.37. The number of ether oxygens (including phenoxy) is 1. The van der Waals surface area contributed by atoms with Crippen molar-refractivity contribution in [2.24, 2.45) is 0 Å². The van der Waals surface area contributed by atoms with Crippen molar-refractivity contribution in [3.8, 4) is 5.95 Å². The average Bonchev–Trinajstić information content (AvgIpc) is 2.87. The molecule has 0 aliphatic carbocycles. The second-order valence-corrected chi connectivity index (χ2v) is 4.73. The summed E-state index contributed by atoms with van der Waals surface area (Å²) in [6.07, 6.45) is 5.28. The first-order chi connectivity index (χ1) is 8.83. The van der Waals surface area contributed by atoms with Crippen LogP contribution in [0, 0.1) is 0 Å². The van der Waals surface area contributed by atoms with Gasteiger partial charge in [-0.25, -0.2) is 9.97 Å². The minimum atomic E-state index is 0.622. The fourth-order valence-corrected chi connectivity index (χ4v) is 2.15. The molecule has 3 rings (SSSR count). The second-order valence-electron chi connectivity index (χ2n) is 3.92. The van der Waals surface area contributed by atoms with E-state index in [1.54, 1.807) is 17.1 Å². The zero-order chi connectivity index (χ0) is 12.4. The van der Waals surface area contributed by atoms with Crippen molar-refractivity contribution in [2.75, 3.05) is 31.2 Å². The van der Waals surface area contributed by atoms with E-state index in [0.29, 0.717) is 5.95 Å². The van der Waals surface area contributed by atoms with Crippen molar-refractivity contribution in [3.63, 3.8) is 0 Å². The van der Waals surface area contributed by atoms with E-state index in [2.05, 4.69) is 35.8 Å². The van der Waals surface area contributed by atoms with Crippen LogP contribution in [0.1, 0.15) is 0 Å². The van der Waals surface area contributed by atoms with Gasteiger partial charge in [0.25, 0.3) is 0 Å². The van der Waals surface area contributed by atoms with Gasteiger partial charge in [0.15, 0.2) is 0 Å². The summed E-state index contributed by atoms with van der Waals surface area (Å²) in [4.78, 5) is 15.1. The van der Waals surface area contributed by atoms with E-state index in [1.807, 2.05) is 12.3 Å². The lowest BCUT2D eigenvalue weighted by molar-refractivity contribution is 0.122. The van der Waals surface area contributed by atoms with E-state index in [1.165, 1.54) is 0 Å². The molecule has 0 aromatic carbocycles. The molecule has 0 atom stereocenters. The highest BCUT2D eigenvalue weighted by molar-refractivity contribution is 9.10. The van der Waals surface area contributed by atoms with Gasteiger partial charge in [0.1, 0.15) is 16.7 Å². The Hall–Kier alpha value is -1.47.